The second-order valence-corrected chi connectivity index (χ2v) is 6.86. The monoisotopic (exact) mass is 287 g/mol. The highest BCUT2D eigenvalue weighted by Crippen LogP contribution is 2.38. The van der Waals surface area contributed by atoms with Crippen molar-refractivity contribution >= 4 is 28.4 Å². The Kier molecular flexibility index (Phi) is 4.10. The minimum absolute atomic E-state index is 0.372. The molecule has 1 aromatic carbocycles. The molecule has 0 unspecified atom stereocenters. The van der Waals surface area contributed by atoms with Crippen molar-refractivity contribution in [1.29, 1.82) is 0 Å². The van der Waals surface area contributed by atoms with E-state index in [0.29, 0.717) is 4.75 Å². The number of anilines is 1. The van der Waals surface area contributed by atoms with E-state index in [-0.39, 0.29) is 0 Å². The van der Waals surface area contributed by atoms with Crippen LogP contribution in [0.2, 0.25) is 0 Å². The number of nitrogens with one attached hydrogen (secondary N) is 1. The summed E-state index contributed by atoms with van der Waals surface area (Å²) in [6.07, 6.45) is 10.8. The molecule has 1 aliphatic rings. The maximum absolute atomic E-state index is 4.29. The van der Waals surface area contributed by atoms with E-state index in [0.717, 1.165) is 23.1 Å². The summed E-state index contributed by atoms with van der Waals surface area (Å²) in [5, 5.41) is 14.3. The van der Waals surface area contributed by atoms with E-state index in [1.54, 1.807) is 0 Å². The van der Waals surface area contributed by atoms with Gasteiger partial charge in [0.05, 0.1) is 6.20 Å². The highest BCUT2D eigenvalue weighted by molar-refractivity contribution is 8.00. The summed E-state index contributed by atoms with van der Waals surface area (Å²) in [5.41, 5.74) is 0. The van der Waals surface area contributed by atoms with Crippen LogP contribution < -0.4 is 5.32 Å². The van der Waals surface area contributed by atoms with Crippen molar-refractivity contribution < 1.29 is 0 Å². The molecule has 0 atom stereocenters. The molecule has 0 aliphatic heterocycles. The number of benzene rings is 1. The van der Waals surface area contributed by atoms with Crippen LogP contribution in [-0.2, 0) is 0 Å². The van der Waals surface area contributed by atoms with Gasteiger partial charge < -0.3 is 5.32 Å². The lowest BCUT2D eigenvalue weighted by Gasteiger charge is -2.36. The molecule has 0 amide bonds. The second kappa shape index (κ2) is 6.00. The van der Waals surface area contributed by atoms with Gasteiger partial charge in [-0.3, -0.25) is 0 Å². The topological polar surface area (TPSA) is 37.8 Å². The Bertz CT molecular complexity index is 573. The molecule has 106 valence electrons. The number of hydrogen-bond donors (Lipinski definition) is 1. The zero-order valence-electron chi connectivity index (χ0n) is 11.9. The average Bonchev–Trinajstić information content (AvgIpc) is 2.54. The normalized spacial score (nSPS) is 18.1. The molecule has 1 aliphatic carbocycles. The molecule has 2 aromatic rings. The molecule has 3 nitrogen and oxygen atoms in total. The number of thioether (sulfide) groups is 1. The Morgan fingerprint density at radius 1 is 1.20 bits per heavy atom. The highest BCUT2D eigenvalue weighted by atomic mass is 32.2. The molecule has 20 heavy (non-hydrogen) atoms. The van der Waals surface area contributed by atoms with Gasteiger partial charge in [-0.2, -0.15) is 16.9 Å². The summed E-state index contributed by atoms with van der Waals surface area (Å²) in [5.74, 6) is 0.919. The fourth-order valence-corrected chi connectivity index (χ4v) is 3.97. The molecule has 4 heteroatoms. The van der Waals surface area contributed by atoms with E-state index in [2.05, 4.69) is 40.0 Å². The van der Waals surface area contributed by atoms with Gasteiger partial charge in [-0.1, -0.05) is 43.5 Å². The Morgan fingerprint density at radius 3 is 2.80 bits per heavy atom. The summed E-state index contributed by atoms with van der Waals surface area (Å²) >= 11 is 2.01. The molecule has 0 bridgehead atoms. The van der Waals surface area contributed by atoms with Gasteiger partial charge in [0, 0.05) is 22.1 Å². The third kappa shape index (κ3) is 2.75. The molecule has 0 saturated heterocycles. The first-order chi connectivity index (χ1) is 9.83. The van der Waals surface area contributed by atoms with Gasteiger partial charge in [-0.15, -0.1) is 5.10 Å². The maximum atomic E-state index is 4.29. The number of rotatable bonds is 4. The molecule has 1 N–H and O–H groups in total. The van der Waals surface area contributed by atoms with Gasteiger partial charge in [0.15, 0.2) is 5.82 Å². The summed E-state index contributed by atoms with van der Waals surface area (Å²) in [6.45, 7) is 0.983. The van der Waals surface area contributed by atoms with Crippen LogP contribution in [0.3, 0.4) is 0 Å². The fraction of sp³-hybridized carbons (Fsp3) is 0.500. The molecule has 0 radical (unpaired) electrons. The Balaban J connectivity index is 1.79. The van der Waals surface area contributed by atoms with Gasteiger partial charge >= 0.3 is 0 Å². The predicted molar refractivity (Wildman–Crippen MR) is 87.4 cm³/mol. The van der Waals surface area contributed by atoms with Gasteiger partial charge in [0.25, 0.3) is 0 Å². The number of hydrogen-bond acceptors (Lipinski definition) is 4. The summed E-state index contributed by atoms with van der Waals surface area (Å²) in [4.78, 5) is 0. The lowest BCUT2D eigenvalue weighted by atomic mass is 9.88. The standard InChI is InChI=1S/C16H21N3S/c1-20-16(9-5-2-6-10-16)12-17-15-14-8-4-3-7-13(14)11-18-19-15/h3-4,7-8,11H,2,5-6,9-10,12H2,1H3,(H,17,19). The first-order valence-electron chi connectivity index (χ1n) is 7.32. The minimum atomic E-state index is 0.372. The van der Waals surface area contributed by atoms with Crippen LogP contribution in [0, 0.1) is 0 Å². The number of aromatic nitrogens is 2. The van der Waals surface area contributed by atoms with Crippen molar-refractivity contribution in [2.45, 2.75) is 36.9 Å². The van der Waals surface area contributed by atoms with Crippen molar-refractivity contribution in [3.05, 3.63) is 30.5 Å². The predicted octanol–water partition coefficient (Wildman–Crippen LogP) is 4.11. The van der Waals surface area contributed by atoms with Crippen molar-refractivity contribution in [1.82, 2.24) is 10.2 Å². The molecule has 1 heterocycles. The minimum Gasteiger partial charge on any atom is -0.367 e. The van der Waals surface area contributed by atoms with Gasteiger partial charge in [0.1, 0.15) is 0 Å². The first-order valence-corrected chi connectivity index (χ1v) is 8.55. The van der Waals surface area contributed by atoms with E-state index < -0.39 is 0 Å². The summed E-state index contributed by atoms with van der Waals surface area (Å²) in [6, 6.07) is 8.29. The first kappa shape index (κ1) is 13.7. The highest BCUT2D eigenvalue weighted by Gasteiger charge is 2.31. The van der Waals surface area contributed by atoms with E-state index in [1.165, 1.54) is 32.1 Å². The Morgan fingerprint density at radius 2 is 2.00 bits per heavy atom. The van der Waals surface area contributed by atoms with Crippen molar-refractivity contribution in [3.8, 4) is 0 Å². The maximum Gasteiger partial charge on any atom is 0.156 e. The van der Waals surface area contributed by atoms with Gasteiger partial charge in [0.2, 0.25) is 0 Å². The van der Waals surface area contributed by atoms with Crippen LogP contribution in [0.25, 0.3) is 10.8 Å². The zero-order chi connectivity index (χ0) is 13.8. The van der Waals surface area contributed by atoms with Crippen molar-refractivity contribution in [2.75, 3.05) is 18.1 Å². The molecule has 1 saturated carbocycles. The lowest BCUT2D eigenvalue weighted by Crippen LogP contribution is -2.35. The SMILES string of the molecule is CSC1(CNc2nncc3ccccc23)CCCCC1. The van der Waals surface area contributed by atoms with Gasteiger partial charge in [-0.25, -0.2) is 0 Å². The lowest BCUT2D eigenvalue weighted by molar-refractivity contribution is 0.411. The Hall–Kier alpha value is -1.29. The van der Waals surface area contributed by atoms with E-state index in [4.69, 9.17) is 0 Å². The third-order valence-electron chi connectivity index (χ3n) is 4.35. The molecule has 0 spiro atoms. The van der Waals surface area contributed by atoms with Crippen LogP contribution in [0.15, 0.2) is 30.5 Å². The summed E-state index contributed by atoms with van der Waals surface area (Å²) in [7, 11) is 0. The fourth-order valence-electron chi connectivity index (χ4n) is 3.05. The number of nitrogens with zero attached hydrogens (tertiary/aromatic N) is 2. The van der Waals surface area contributed by atoms with E-state index in [9.17, 15) is 0 Å². The third-order valence-corrected chi connectivity index (χ3v) is 5.76. The molecule has 1 fully saturated rings. The molecular formula is C16H21N3S. The molecule has 1 aromatic heterocycles. The van der Waals surface area contributed by atoms with E-state index in [1.807, 2.05) is 24.0 Å². The average molecular weight is 287 g/mol. The smallest absolute Gasteiger partial charge is 0.156 e. The number of fused-ring (bicyclic) bond motifs is 1. The Labute approximate surface area is 124 Å². The largest absolute Gasteiger partial charge is 0.367 e. The van der Waals surface area contributed by atoms with Crippen LogP contribution in [0.1, 0.15) is 32.1 Å². The van der Waals surface area contributed by atoms with Gasteiger partial charge in [-0.05, 0) is 19.1 Å². The quantitative estimate of drug-likeness (QED) is 0.918. The zero-order valence-corrected chi connectivity index (χ0v) is 12.7. The van der Waals surface area contributed by atoms with Crippen LogP contribution in [-0.4, -0.2) is 27.7 Å². The van der Waals surface area contributed by atoms with Crippen LogP contribution in [0.4, 0.5) is 5.82 Å². The molecule has 3 rings (SSSR count). The van der Waals surface area contributed by atoms with Crippen LogP contribution in [0.5, 0.6) is 0 Å². The van der Waals surface area contributed by atoms with Crippen molar-refractivity contribution in [2.24, 2.45) is 0 Å². The van der Waals surface area contributed by atoms with Crippen LogP contribution >= 0.6 is 11.8 Å². The molecular weight excluding hydrogens is 266 g/mol. The van der Waals surface area contributed by atoms with E-state index >= 15 is 0 Å². The second-order valence-electron chi connectivity index (χ2n) is 5.58. The van der Waals surface area contributed by atoms with Crippen molar-refractivity contribution in [3.63, 3.8) is 0 Å². The summed E-state index contributed by atoms with van der Waals surface area (Å²) < 4.78 is 0.372.